The minimum absolute atomic E-state index is 0.0527. The number of nitrogens with one attached hydrogen (secondary N) is 1. The van der Waals surface area contributed by atoms with Crippen molar-refractivity contribution in [3.8, 4) is 0 Å². The van der Waals surface area contributed by atoms with Crippen LogP contribution >= 0.6 is 24.2 Å². The van der Waals surface area contributed by atoms with Crippen molar-refractivity contribution in [1.29, 1.82) is 0 Å². The van der Waals surface area contributed by atoms with Crippen LogP contribution in [0.5, 0.6) is 0 Å². The van der Waals surface area contributed by atoms with Crippen LogP contribution in [-0.2, 0) is 4.74 Å². The Bertz CT molecular complexity index is 439. The van der Waals surface area contributed by atoms with E-state index in [4.69, 9.17) is 16.3 Å². The summed E-state index contributed by atoms with van der Waals surface area (Å²) < 4.78 is 5.39. The molecule has 5 heteroatoms. The van der Waals surface area contributed by atoms with Crippen LogP contribution in [0.3, 0.4) is 0 Å². The summed E-state index contributed by atoms with van der Waals surface area (Å²) in [6.07, 6.45) is 0.891. The maximum Gasteiger partial charge on any atom is 0.253 e. The van der Waals surface area contributed by atoms with E-state index in [1.165, 1.54) is 0 Å². The SMILES string of the molecule is CC1OCCC1NC(=O)c1cc(S)ccc1Cl. The Labute approximate surface area is 111 Å². The maximum atomic E-state index is 12.0. The largest absolute Gasteiger partial charge is 0.376 e. The van der Waals surface area contributed by atoms with Gasteiger partial charge in [-0.25, -0.2) is 0 Å². The minimum atomic E-state index is -0.173. The minimum Gasteiger partial charge on any atom is -0.376 e. The van der Waals surface area contributed by atoms with Crippen LogP contribution in [0.1, 0.15) is 23.7 Å². The van der Waals surface area contributed by atoms with Gasteiger partial charge in [-0.15, -0.1) is 12.6 Å². The van der Waals surface area contributed by atoms with Gasteiger partial charge in [0, 0.05) is 11.5 Å². The van der Waals surface area contributed by atoms with Crippen LogP contribution in [0.4, 0.5) is 0 Å². The zero-order valence-corrected chi connectivity index (χ0v) is 11.1. The highest BCUT2D eigenvalue weighted by molar-refractivity contribution is 7.80. The Morgan fingerprint density at radius 1 is 1.59 bits per heavy atom. The first-order valence-corrected chi connectivity index (χ1v) is 6.31. The lowest BCUT2D eigenvalue weighted by Gasteiger charge is -2.16. The lowest BCUT2D eigenvalue weighted by molar-refractivity contribution is 0.0866. The van der Waals surface area contributed by atoms with Gasteiger partial charge in [-0.3, -0.25) is 4.79 Å². The number of carbonyl (C=O) groups is 1. The molecule has 17 heavy (non-hydrogen) atoms. The van der Waals surface area contributed by atoms with Crippen molar-refractivity contribution in [2.45, 2.75) is 30.4 Å². The molecule has 0 spiro atoms. The van der Waals surface area contributed by atoms with Gasteiger partial charge < -0.3 is 10.1 Å². The molecule has 1 aromatic carbocycles. The number of hydrogen-bond acceptors (Lipinski definition) is 3. The van der Waals surface area contributed by atoms with E-state index >= 15 is 0 Å². The average Bonchev–Trinajstić information content (AvgIpc) is 2.68. The third kappa shape index (κ3) is 2.94. The second-order valence-electron chi connectivity index (χ2n) is 4.11. The normalized spacial score (nSPS) is 23.7. The summed E-state index contributed by atoms with van der Waals surface area (Å²) in [4.78, 5) is 12.8. The number of amides is 1. The molecule has 0 aliphatic carbocycles. The molecule has 3 nitrogen and oxygen atoms in total. The third-order valence-electron chi connectivity index (χ3n) is 2.89. The molecule has 2 atom stereocenters. The van der Waals surface area contributed by atoms with Crippen LogP contribution in [0.15, 0.2) is 23.1 Å². The molecule has 1 saturated heterocycles. The number of carbonyl (C=O) groups excluding carboxylic acids is 1. The van der Waals surface area contributed by atoms with Gasteiger partial charge in [0.05, 0.1) is 22.7 Å². The number of benzene rings is 1. The second kappa shape index (κ2) is 5.29. The van der Waals surface area contributed by atoms with Gasteiger partial charge in [0.1, 0.15) is 0 Å². The van der Waals surface area contributed by atoms with Gasteiger partial charge >= 0.3 is 0 Å². The first-order valence-electron chi connectivity index (χ1n) is 5.49. The number of thiol groups is 1. The fourth-order valence-electron chi connectivity index (χ4n) is 1.85. The van der Waals surface area contributed by atoms with E-state index in [-0.39, 0.29) is 18.1 Å². The zero-order chi connectivity index (χ0) is 12.4. The van der Waals surface area contributed by atoms with Gasteiger partial charge in [0.2, 0.25) is 0 Å². The molecule has 0 saturated carbocycles. The van der Waals surface area contributed by atoms with E-state index in [9.17, 15) is 4.79 Å². The molecule has 2 unspecified atom stereocenters. The third-order valence-corrected chi connectivity index (χ3v) is 3.50. The predicted molar refractivity (Wildman–Crippen MR) is 70.0 cm³/mol. The van der Waals surface area contributed by atoms with Gasteiger partial charge in [-0.2, -0.15) is 0 Å². The van der Waals surface area contributed by atoms with Crippen molar-refractivity contribution in [2.75, 3.05) is 6.61 Å². The summed E-state index contributed by atoms with van der Waals surface area (Å²) in [5, 5.41) is 3.37. The topological polar surface area (TPSA) is 38.3 Å². The number of ether oxygens (including phenoxy) is 1. The van der Waals surface area contributed by atoms with Crippen molar-refractivity contribution >= 4 is 30.1 Å². The average molecular weight is 272 g/mol. The Balaban J connectivity index is 2.11. The molecule has 1 heterocycles. The first kappa shape index (κ1) is 12.7. The lowest BCUT2D eigenvalue weighted by Crippen LogP contribution is -2.39. The number of rotatable bonds is 2. The molecule has 0 aromatic heterocycles. The lowest BCUT2D eigenvalue weighted by atomic mass is 10.1. The van der Waals surface area contributed by atoms with Crippen LogP contribution in [-0.4, -0.2) is 24.7 Å². The highest BCUT2D eigenvalue weighted by Crippen LogP contribution is 2.21. The number of hydrogen-bond donors (Lipinski definition) is 2. The van der Waals surface area contributed by atoms with Gasteiger partial charge in [0.15, 0.2) is 0 Å². The zero-order valence-electron chi connectivity index (χ0n) is 9.44. The van der Waals surface area contributed by atoms with Gasteiger partial charge in [0.25, 0.3) is 5.91 Å². The quantitative estimate of drug-likeness (QED) is 0.812. The molecule has 2 rings (SSSR count). The van der Waals surface area contributed by atoms with E-state index in [0.29, 0.717) is 17.2 Å². The molecule has 1 amide bonds. The molecule has 0 radical (unpaired) electrons. The van der Waals surface area contributed by atoms with E-state index in [1.54, 1.807) is 18.2 Å². The molecular formula is C12H14ClNO2S. The molecule has 0 bridgehead atoms. The summed E-state index contributed by atoms with van der Waals surface area (Å²) in [6.45, 7) is 2.64. The van der Waals surface area contributed by atoms with Crippen molar-refractivity contribution in [3.63, 3.8) is 0 Å². The number of halogens is 1. The van der Waals surface area contributed by atoms with Gasteiger partial charge in [-0.05, 0) is 31.5 Å². The summed E-state index contributed by atoms with van der Waals surface area (Å²) >= 11 is 10.2. The smallest absolute Gasteiger partial charge is 0.253 e. The first-order chi connectivity index (χ1) is 8.08. The van der Waals surface area contributed by atoms with Crippen molar-refractivity contribution in [2.24, 2.45) is 0 Å². The molecule has 1 aliphatic heterocycles. The van der Waals surface area contributed by atoms with E-state index in [1.807, 2.05) is 6.92 Å². The van der Waals surface area contributed by atoms with Crippen LogP contribution in [0.25, 0.3) is 0 Å². The molecule has 1 aromatic rings. The van der Waals surface area contributed by atoms with Crippen molar-refractivity contribution in [3.05, 3.63) is 28.8 Å². The maximum absolute atomic E-state index is 12.0. The highest BCUT2D eigenvalue weighted by atomic mass is 35.5. The molecule has 1 N–H and O–H groups in total. The van der Waals surface area contributed by atoms with Crippen LogP contribution in [0.2, 0.25) is 5.02 Å². The fourth-order valence-corrected chi connectivity index (χ4v) is 2.26. The monoisotopic (exact) mass is 271 g/mol. The Morgan fingerprint density at radius 3 is 3.00 bits per heavy atom. The highest BCUT2D eigenvalue weighted by Gasteiger charge is 2.26. The summed E-state index contributed by atoms with van der Waals surface area (Å²) in [5.41, 5.74) is 0.457. The fraction of sp³-hybridized carbons (Fsp3) is 0.417. The van der Waals surface area contributed by atoms with E-state index < -0.39 is 0 Å². The summed E-state index contributed by atoms with van der Waals surface area (Å²) in [5.74, 6) is -0.173. The predicted octanol–water partition coefficient (Wildman–Crippen LogP) is 2.54. The van der Waals surface area contributed by atoms with Crippen LogP contribution < -0.4 is 5.32 Å². The van der Waals surface area contributed by atoms with Gasteiger partial charge in [-0.1, -0.05) is 11.6 Å². The van der Waals surface area contributed by atoms with E-state index in [0.717, 1.165) is 11.3 Å². The molecule has 1 aliphatic rings. The molecular weight excluding hydrogens is 258 g/mol. The standard InChI is InChI=1S/C12H14ClNO2S/c1-7-11(4-5-16-7)14-12(15)9-6-8(17)2-3-10(9)13/h2-3,6-7,11,17H,4-5H2,1H3,(H,14,15). The molecule has 1 fully saturated rings. The molecule has 92 valence electrons. The second-order valence-corrected chi connectivity index (χ2v) is 5.03. The Kier molecular flexibility index (Phi) is 3.97. The van der Waals surface area contributed by atoms with Crippen molar-refractivity contribution < 1.29 is 9.53 Å². The van der Waals surface area contributed by atoms with Crippen molar-refractivity contribution in [1.82, 2.24) is 5.32 Å². The summed E-state index contributed by atoms with van der Waals surface area (Å²) in [7, 11) is 0. The Hall–Kier alpha value is -0.710. The van der Waals surface area contributed by atoms with Crippen LogP contribution in [0, 0.1) is 0 Å². The van der Waals surface area contributed by atoms with E-state index in [2.05, 4.69) is 17.9 Å². The Morgan fingerprint density at radius 2 is 2.35 bits per heavy atom. The summed E-state index contributed by atoms with van der Waals surface area (Å²) in [6, 6.07) is 5.15.